The molecule has 3 nitrogen and oxygen atoms in total. The number of fused-ring (bicyclic) bond motifs is 4. The molecule has 0 saturated heterocycles. The van der Waals surface area contributed by atoms with Gasteiger partial charge >= 0.3 is 0 Å². The SMILES string of the molecule is Cc1sc(-n2c3ccccc3c3ccccc32)c2nccnc12. The van der Waals surface area contributed by atoms with Crippen molar-refractivity contribution in [3.8, 4) is 5.00 Å². The van der Waals surface area contributed by atoms with Crippen LogP contribution in [0.15, 0.2) is 60.9 Å². The highest BCUT2D eigenvalue weighted by Gasteiger charge is 2.17. The lowest BCUT2D eigenvalue weighted by Crippen LogP contribution is -1.92. The lowest BCUT2D eigenvalue weighted by molar-refractivity contribution is 1.21. The first-order valence-corrected chi connectivity index (χ1v) is 8.35. The van der Waals surface area contributed by atoms with E-state index in [0.717, 1.165) is 16.0 Å². The van der Waals surface area contributed by atoms with E-state index in [9.17, 15) is 0 Å². The van der Waals surface area contributed by atoms with Crippen molar-refractivity contribution in [3.63, 3.8) is 0 Å². The zero-order chi connectivity index (χ0) is 15.4. The van der Waals surface area contributed by atoms with Gasteiger partial charge in [0.25, 0.3) is 0 Å². The van der Waals surface area contributed by atoms with Crippen LogP contribution in [0.3, 0.4) is 0 Å². The van der Waals surface area contributed by atoms with Gasteiger partial charge in [0.05, 0.1) is 11.0 Å². The average Bonchev–Trinajstić information content (AvgIpc) is 3.11. The van der Waals surface area contributed by atoms with Crippen LogP contribution in [0.2, 0.25) is 0 Å². The van der Waals surface area contributed by atoms with Crippen LogP contribution in [-0.4, -0.2) is 14.5 Å². The van der Waals surface area contributed by atoms with E-state index in [1.807, 2.05) is 0 Å². The van der Waals surface area contributed by atoms with Crippen LogP contribution in [-0.2, 0) is 0 Å². The lowest BCUT2D eigenvalue weighted by atomic mass is 10.2. The van der Waals surface area contributed by atoms with Gasteiger partial charge in [-0.05, 0) is 19.1 Å². The molecular formula is C19H13N3S. The molecule has 3 aromatic heterocycles. The summed E-state index contributed by atoms with van der Waals surface area (Å²) in [6, 6.07) is 17.1. The maximum absolute atomic E-state index is 4.60. The van der Waals surface area contributed by atoms with Gasteiger partial charge in [-0.25, -0.2) is 4.98 Å². The molecule has 0 aliphatic rings. The van der Waals surface area contributed by atoms with Crippen molar-refractivity contribution < 1.29 is 0 Å². The Balaban J connectivity index is 2.02. The van der Waals surface area contributed by atoms with Crippen molar-refractivity contribution in [1.29, 1.82) is 0 Å². The van der Waals surface area contributed by atoms with E-state index < -0.39 is 0 Å². The molecule has 0 aliphatic carbocycles. The van der Waals surface area contributed by atoms with Gasteiger partial charge in [0.15, 0.2) is 0 Å². The number of para-hydroxylation sites is 2. The standard InChI is InChI=1S/C19H13N3S/c1-12-17-18(21-11-10-20-17)19(23-12)22-15-8-4-2-6-13(15)14-7-3-5-9-16(14)22/h2-11H,1H3. The normalized spacial score (nSPS) is 11.7. The quantitative estimate of drug-likeness (QED) is 0.431. The Morgan fingerprint density at radius 1 is 0.783 bits per heavy atom. The predicted octanol–water partition coefficient (Wildman–Crippen LogP) is 5.10. The topological polar surface area (TPSA) is 30.7 Å². The van der Waals surface area contributed by atoms with E-state index in [4.69, 9.17) is 0 Å². The highest BCUT2D eigenvalue weighted by atomic mass is 32.1. The van der Waals surface area contributed by atoms with Gasteiger partial charge in [0, 0.05) is 28.0 Å². The van der Waals surface area contributed by atoms with Gasteiger partial charge in [-0.1, -0.05) is 36.4 Å². The van der Waals surface area contributed by atoms with Crippen molar-refractivity contribution in [1.82, 2.24) is 14.5 Å². The Morgan fingerprint density at radius 3 is 2.00 bits per heavy atom. The van der Waals surface area contributed by atoms with Crippen LogP contribution in [0.5, 0.6) is 0 Å². The number of hydrogen-bond acceptors (Lipinski definition) is 3. The molecule has 0 radical (unpaired) electrons. The second kappa shape index (κ2) is 4.64. The molecule has 5 rings (SSSR count). The first kappa shape index (κ1) is 12.8. The van der Waals surface area contributed by atoms with Gasteiger partial charge < -0.3 is 0 Å². The third kappa shape index (κ3) is 1.69. The van der Waals surface area contributed by atoms with Gasteiger partial charge in [-0.3, -0.25) is 9.55 Å². The number of benzene rings is 2. The summed E-state index contributed by atoms with van der Waals surface area (Å²) in [6.07, 6.45) is 3.53. The minimum atomic E-state index is 0.974. The molecule has 0 fully saturated rings. The highest BCUT2D eigenvalue weighted by molar-refractivity contribution is 7.16. The van der Waals surface area contributed by atoms with Crippen molar-refractivity contribution in [2.45, 2.75) is 6.92 Å². The molecule has 0 aliphatic heterocycles. The number of aromatic nitrogens is 3. The largest absolute Gasteiger partial charge is 0.299 e. The fourth-order valence-corrected chi connectivity index (χ4v) is 4.36. The summed E-state index contributed by atoms with van der Waals surface area (Å²) in [5, 5.41) is 3.68. The van der Waals surface area contributed by atoms with Crippen LogP contribution in [0.25, 0.3) is 37.8 Å². The smallest absolute Gasteiger partial charge is 0.129 e. The first-order valence-electron chi connectivity index (χ1n) is 7.53. The van der Waals surface area contributed by atoms with Gasteiger partial charge in [-0.2, -0.15) is 0 Å². The Hall–Kier alpha value is -2.72. The van der Waals surface area contributed by atoms with E-state index in [-0.39, 0.29) is 0 Å². The predicted molar refractivity (Wildman–Crippen MR) is 96.5 cm³/mol. The Kier molecular flexibility index (Phi) is 2.58. The average molecular weight is 315 g/mol. The molecular weight excluding hydrogens is 302 g/mol. The molecule has 0 unspecified atom stereocenters. The van der Waals surface area contributed by atoms with Crippen LogP contribution in [0, 0.1) is 6.92 Å². The molecule has 110 valence electrons. The number of thiophene rings is 1. The zero-order valence-electron chi connectivity index (χ0n) is 12.5. The Bertz CT molecular complexity index is 1130. The minimum Gasteiger partial charge on any atom is -0.299 e. The van der Waals surface area contributed by atoms with E-state index in [1.165, 1.54) is 26.7 Å². The monoisotopic (exact) mass is 315 g/mol. The van der Waals surface area contributed by atoms with Gasteiger partial charge in [0.1, 0.15) is 16.0 Å². The molecule has 4 heteroatoms. The number of nitrogens with zero attached hydrogens (tertiary/aromatic N) is 3. The molecule has 3 heterocycles. The maximum Gasteiger partial charge on any atom is 0.129 e. The number of aryl methyl sites for hydroxylation is 1. The summed E-state index contributed by atoms with van der Waals surface area (Å²) in [6.45, 7) is 2.11. The fraction of sp³-hybridized carbons (Fsp3) is 0.0526. The first-order chi connectivity index (χ1) is 11.3. The molecule has 23 heavy (non-hydrogen) atoms. The Morgan fingerprint density at radius 2 is 1.35 bits per heavy atom. The van der Waals surface area contributed by atoms with Crippen LogP contribution in [0.1, 0.15) is 4.88 Å². The second-order valence-corrected chi connectivity index (χ2v) is 6.79. The summed E-state index contributed by atoms with van der Waals surface area (Å²) >= 11 is 1.75. The third-order valence-electron chi connectivity index (χ3n) is 4.27. The summed E-state index contributed by atoms with van der Waals surface area (Å²) < 4.78 is 2.32. The molecule has 0 saturated carbocycles. The van der Waals surface area contributed by atoms with Crippen LogP contribution in [0.4, 0.5) is 0 Å². The van der Waals surface area contributed by atoms with Crippen molar-refractivity contribution in [2.75, 3.05) is 0 Å². The molecule has 2 aromatic carbocycles. The molecule has 0 bridgehead atoms. The summed E-state index contributed by atoms with van der Waals surface area (Å²) in [5.74, 6) is 0. The summed E-state index contributed by atoms with van der Waals surface area (Å²) in [5.41, 5.74) is 4.39. The molecule has 0 N–H and O–H groups in total. The maximum atomic E-state index is 4.60. The highest BCUT2D eigenvalue weighted by Crippen LogP contribution is 2.38. The summed E-state index contributed by atoms with van der Waals surface area (Å²) in [4.78, 5) is 10.3. The fourth-order valence-electron chi connectivity index (χ4n) is 3.29. The lowest BCUT2D eigenvalue weighted by Gasteiger charge is -2.04. The second-order valence-electron chi connectivity index (χ2n) is 5.59. The van der Waals surface area contributed by atoms with Crippen LogP contribution >= 0.6 is 11.3 Å². The van der Waals surface area contributed by atoms with Crippen molar-refractivity contribution >= 4 is 44.2 Å². The molecule has 0 spiro atoms. The number of rotatable bonds is 1. The zero-order valence-corrected chi connectivity index (χ0v) is 13.3. The van der Waals surface area contributed by atoms with E-state index in [1.54, 1.807) is 23.7 Å². The van der Waals surface area contributed by atoms with Crippen molar-refractivity contribution in [2.24, 2.45) is 0 Å². The van der Waals surface area contributed by atoms with E-state index >= 15 is 0 Å². The molecule has 0 amide bonds. The third-order valence-corrected chi connectivity index (χ3v) is 5.34. The van der Waals surface area contributed by atoms with Crippen LogP contribution < -0.4 is 0 Å². The summed E-state index contributed by atoms with van der Waals surface area (Å²) in [7, 11) is 0. The van der Waals surface area contributed by atoms with Gasteiger partial charge in [-0.15, -0.1) is 11.3 Å². The van der Waals surface area contributed by atoms with Crippen molar-refractivity contribution in [3.05, 3.63) is 65.8 Å². The number of hydrogen-bond donors (Lipinski definition) is 0. The molecule has 5 aromatic rings. The van der Waals surface area contributed by atoms with E-state index in [2.05, 4.69) is 70.0 Å². The van der Waals surface area contributed by atoms with Gasteiger partial charge in [0.2, 0.25) is 0 Å². The molecule has 0 atom stereocenters. The minimum absolute atomic E-state index is 0.974. The Labute approximate surface area is 136 Å². The van der Waals surface area contributed by atoms with E-state index in [0.29, 0.717) is 0 Å².